The van der Waals surface area contributed by atoms with Gasteiger partial charge in [0.15, 0.2) is 12.5 Å². The van der Waals surface area contributed by atoms with Gasteiger partial charge in [-0.25, -0.2) is 13.9 Å². The average Bonchev–Trinajstić information content (AvgIpc) is 3.07. The van der Waals surface area contributed by atoms with Gasteiger partial charge in [0.05, 0.1) is 19.3 Å². The summed E-state index contributed by atoms with van der Waals surface area (Å²) in [6.45, 7) is -1.76. The van der Waals surface area contributed by atoms with Crippen molar-refractivity contribution in [2.75, 3.05) is 27.3 Å². The Labute approximate surface area is 213 Å². The van der Waals surface area contributed by atoms with Gasteiger partial charge in [-0.1, -0.05) is 0 Å². The van der Waals surface area contributed by atoms with Crippen LogP contribution >= 0.6 is 15.6 Å². The number of aromatic amines is 1. The van der Waals surface area contributed by atoms with Crippen LogP contribution < -0.4 is 11.2 Å². The fourth-order valence-electron chi connectivity index (χ4n) is 3.96. The topological polar surface area (TPSA) is 280 Å². The molecule has 0 radical (unpaired) electrons. The summed E-state index contributed by atoms with van der Waals surface area (Å²) >= 11 is 0. The fourth-order valence-corrected chi connectivity index (χ4v) is 6.12. The Morgan fingerprint density at radius 2 is 1.66 bits per heavy atom. The first-order valence-corrected chi connectivity index (χ1v) is 13.9. The summed E-state index contributed by atoms with van der Waals surface area (Å²) in [6.07, 6.45) is -12.2. The SMILES string of the molecule is CN(C)[C@@H]1C(O)[C@H](OP(=O)(O)OP(=O)(O)OC[C@H]2O[C@@H](n3ccc(=O)[nH]c3=O)C(O)[C@H]2O)OC(CO)[C@@H]1O. The highest BCUT2D eigenvalue weighted by molar-refractivity contribution is 7.61. The maximum Gasteiger partial charge on any atom is 0.483 e. The number of hydrogen-bond donors (Lipinski definition) is 8. The molecule has 2 fully saturated rings. The molecule has 0 aliphatic carbocycles. The van der Waals surface area contributed by atoms with Gasteiger partial charge in [0.25, 0.3) is 5.56 Å². The fraction of sp³-hybridized carbons (Fsp3) is 0.765. The van der Waals surface area contributed by atoms with E-state index >= 15 is 0 Å². The lowest BCUT2D eigenvalue weighted by Gasteiger charge is -2.44. The van der Waals surface area contributed by atoms with Crippen LogP contribution in [0.2, 0.25) is 0 Å². The Hall–Kier alpha value is -1.38. The van der Waals surface area contributed by atoms with Crippen molar-refractivity contribution >= 4 is 15.6 Å². The number of hydrogen-bond acceptors (Lipinski definition) is 15. The van der Waals surface area contributed by atoms with Crippen molar-refractivity contribution < 1.29 is 67.3 Å². The summed E-state index contributed by atoms with van der Waals surface area (Å²) in [7, 11) is -8.08. The Morgan fingerprint density at radius 3 is 2.24 bits per heavy atom. The maximum absolute atomic E-state index is 12.4. The first kappa shape index (κ1) is 31.2. The smallest absolute Gasteiger partial charge is 0.394 e. The molecular weight excluding hydrogens is 564 g/mol. The lowest BCUT2D eigenvalue weighted by molar-refractivity contribution is -0.266. The molecule has 0 spiro atoms. The molecule has 0 aromatic carbocycles. The molecule has 1 aromatic rings. The maximum atomic E-state index is 12.4. The standard InChI is InChI=1S/C17H29N3O16P2/c1-19(2)10-11(23)7(5-21)34-16(13(10)25)35-38(30,31)36-37(28,29)32-6-8-12(24)14(26)15(33-8)20-4-3-9(22)18-17(20)27/h3-4,7-8,10-16,21,23-26H,5-6H2,1-2H3,(H,28,29)(H,30,31)(H,18,22,27)/t7?,8-,10+,11+,12+,13?,14?,15-,16+/m1/s1. The van der Waals surface area contributed by atoms with Gasteiger partial charge in [-0.05, 0) is 14.1 Å². The molecule has 5 unspecified atom stereocenters. The molecule has 2 aliphatic heterocycles. The number of aromatic nitrogens is 2. The molecule has 2 aliphatic rings. The number of nitrogens with zero attached hydrogens (tertiary/aromatic N) is 2. The molecule has 0 saturated carbocycles. The number of phosphoric ester groups is 2. The van der Waals surface area contributed by atoms with Crippen molar-refractivity contribution in [1.82, 2.24) is 14.5 Å². The minimum absolute atomic E-state index is 0.736. The molecule has 0 amide bonds. The van der Waals surface area contributed by atoms with E-state index in [2.05, 4.69) is 13.4 Å². The molecule has 8 N–H and O–H groups in total. The van der Waals surface area contributed by atoms with Crippen LogP contribution in [0, 0.1) is 0 Å². The number of H-pyrrole nitrogens is 1. The van der Waals surface area contributed by atoms with Crippen LogP contribution in [0.4, 0.5) is 0 Å². The van der Waals surface area contributed by atoms with Crippen molar-refractivity contribution in [3.8, 4) is 0 Å². The number of aliphatic hydroxyl groups excluding tert-OH is 5. The van der Waals surface area contributed by atoms with E-state index in [1.807, 2.05) is 4.98 Å². The normalized spacial score (nSPS) is 37.2. The van der Waals surface area contributed by atoms with Crippen molar-refractivity contribution in [1.29, 1.82) is 0 Å². The van der Waals surface area contributed by atoms with Crippen molar-refractivity contribution in [2.45, 2.75) is 55.2 Å². The number of phosphoric acid groups is 2. The Morgan fingerprint density at radius 1 is 1.00 bits per heavy atom. The summed E-state index contributed by atoms with van der Waals surface area (Å²) in [5.41, 5.74) is -1.72. The number of aliphatic hydroxyl groups is 5. The Bertz CT molecular complexity index is 1180. The van der Waals surface area contributed by atoms with Crippen LogP contribution in [0.25, 0.3) is 0 Å². The van der Waals surface area contributed by atoms with Crippen LogP contribution in [0.15, 0.2) is 21.9 Å². The van der Waals surface area contributed by atoms with E-state index in [0.29, 0.717) is 0 Å². The van der Waals surface area contributed by atoms with E-state index in [-0.39, 0.29) is 0 Å². The molecule has 11 atom stereocenters. The van der Waals surface area contributed by atoms with Gasteiger partial charge < -0.3 is 49.7 Å². The number of rotatable bonds is 10. The zero-order valence-corrected chi connectivity index (χ0v) is 21.6. The van der Waals surface area contributed by atoms with Crippen LogP contribution in [0.3, 0.4) is 0 Å². The molecule has 19 nitrogen and oxygen atoms in total. The van der Waals surface area contributed by atoms with Crippen LogP contribution in [-0.2, 0) is 32.0 Å². The highest BCUT2D eigenvalue weighted by atomic mass is 31.3. The van der Waals surface area contributed by atoms with E-state index in [4.69, 9.17) is 9.47 Å². The lowest BCUT2D eigenvalue weighted by atomic mass is 9.95. The minimum Gasteiger partial charge on any atom is -0.394 e. The van der Waals surface area contributed by atoms with E-state index in [1.54, 1.807) is 0 Å². The predicted octanol–water partition coefficient (Wildman–Crippen LogP) is -4.22. The highest BCUT2D eigenvalue weighted by Crippen LogP contribution is 2.61. The second kappa shape index (κ2) is 12.0. The summed E-state index contributed by atoms with van der Waals surface area (Å²) < 4.78 is 49.2. The van der Waals surface area contributed by atoms with Crippen molar-refractivity contribution in [3.05, 3.63) is 33.1 Å². The Balaban J connectivity index is 1.63. The molecule has 2 saturated heterocycles. The first-order chi connectivity index (χ1) is 17.6. The third kappa shape index (κ3) is 7.03. The second-order valence-corrected chi connectivity index (χ2v) is 11.6. The third-order valence-electron chi connectivity index (χ3n) is 5.75. The van der Waals surface area contributed by atoms with E-state index in [9.17, 15) is 54.0 Å². The van der Waals surface area contributed by atoms with Crippen molar-refractivity contribution in [2.24, 2.45) is 0 Å². The number of likely N-dealkylation sites (N-methyl/N-ethyl adjacent to an activating group) is 1. The molecule has 21 heteroatoms. The van der Waals surface area contributed by atoms with Crippen LogP contribution in [0.5, 0.6) is 0 Å². The van der Waals surface area contributed by atoms with Gasteiger partial charge in [0, 0.05) is 12.3 Å². The van der Waals surface area contributed by atoms with Crippen LogP contribution in [0.1, 0.15) is 6.23 Å². The Kier molecular flexibility index (Phi) is 9.85. The monoisotopic (exact) mass is 593 g/mol. The zero-order chi connectivity index (χ0) is 28.6. The molecule has 3 heterocycles. The number of nitrogens with one attached hydrogen (secondary N) is 1. The van der Waals surface area contributed by atoms with Gasteiger partial charge in [-0.2, -0.15) is 4.31 Å². The third-order valence-corrected chi connectivity index (χ3v) is 8.35. The first-order valence-electron chi connectivity index (χ1n) is 10.9. The second-order valence-electron chi connectivity index (χ2n) is 8.64. The highest BCUT2D eigenvalue weighted by Gasteiger charge is 2.50. The quantitative estimate of drug-likeness (QED) is 0.119. The number of ether oxygens (including phenoxy) is 2. The van der Waals surface area contributed by atoms with E-state index < -0.39 is 95.3 Å². The van der Waals surface area contributed by atoms with Gasteiger partial charge in [-0.3, -0.25) is 23.4 Å². The molecule has 218 valence electrons. The minimum atomic E-state index is -5.53. The zero-order valence-electron chi connectivity index (χ0n) is 19.9. The predicted molar refractivity (Wildman–Crippen MR) is 120 cm³/mol. The molecular formula is C17H29N3O16P2. The summed E-state index contributed by atoms with van der Waals surface area (Å²) in [6, 6.07) is -0.196. The van der Waals surface area contributed by atoms with Gasteiger partial charge >= 0.3 is 21.3 Å². The molecule has 1 aromatic heterocycles. The van der Waals surface area contributed by atoms with Gasteiger partial charge in [0.1, 0.15) is 36.6 Å². The van der Waals surface area contributed by atoms with Crippen LogP contribution in [-0.4, -0.2) is 126 Å². The summed E-state index contributed by atoms with van der Waals surface area (Å²) in [4.78, 5) is 46.3. The largest absolute Gasteiger partial charge is 0.483 e. The van der Waals surface area contributed by atoms with E-state index in [1.165, 1.54) is 19.0 Å². The average molecular weight is 593 g/mol. The van der Waals surface area contributed by atoms with E-state index in [0.717, 1.165) is 16.8 Å². The van der Waals surface area contributed by atoms with Gasteiger partial charge in [0.2, 0.25) is 0 Å². The molecule has 0 bridgehead atoms. The molecule has 38 heavy (non-hydrogen) atoms. The van der Waals surface area contributed by atoms with Gasteiger partial charge in [-0.15, -0.1) is 0 Å². The molecule has 3 rings (SSSR count). The summed E-state index contributed by atoms with van der Waals surface area (Å²) in [5.74, 6) is 0. The lowest BCUT2D eigenvalue weighted by Crippen LogP contribution is -2.63. The van der Waals surface area contributed by atoms with Crippen molar-refractivity contribution in [3.63, 3.8) is 0 Å². The summed E-state index contributed by atoms with van der Waals surface area (Å²) in [5, 5.41) is 50.4.